The molecule has 0 aliphatic carbocycles. The zero-order valence-electron chi connectivity index (χ0n) is 12.9. The van der Waals surface area contributed by atoms with Crippen LogP contribution in [-0.4, -0.2) is 29.2 Å². The van der Waals surface area contributed by atoms with E-state index in [1.54, 1.807) is 37.4 Å². The van der Waals surface area contributed by atoms with Crippen molar-refractivity contribution in [2.45, 2.75) is 18.4 Å². The van der Waals surface area contributed by atoms with E-state index in [0.29, 0.717) is 22.6 Å². The summed E-state index contributed by atoms with van der Waals surface area (Å²) >= 11 is 0. The van der Waals surface area contributed by atoms with Crippen LogP contribution in [0.5, 0.6) is 5.75 Å². The van der Waals surface area contributed by atoms with E-state index < -0.39 is 22.9 Å². The van der Waals surface area contributed by atoms with Gasteiger partial charge in [-0.3, -0.25) is 14.9 Å². The van der Waals surface area contributed by atoms with Crippen molar-refractivity contribution in [1.82, 2.24) is 0 Å². The molecule has 7 heteroatoms. The topological polar surface area (TPSA) is 102 Å². The van der Waals surface area contributed by atoms with Gasteiger partial charge in [-0.05, 0) is 30.2 Å². The molecule has 0 saturated heterocycles. The van der Waals surface area contributed by atoms with Crippen molar-refractivity contribution < 1.29 is 19.6 Å². The zero-order valence-corrected chi connectivity index (χ0v) is 12.9. The molecule has 0 spiro atoms. The van der Waals surface area contributed by atoms with Crippen molar-refractivity contribution in [2.75, 3.05) is 12.4 Å². The van der Waals surface area contributed by atoms with Gasteiger partial charge in [0.1, 0.15) is 11.9 Å². The molecular weight excluding hydrogens is 312 g/mol. The maximum absolute atomic E-state index is 12.2. The number of hydrogen-bond acceptors (Lipinski definition) is 5. The number of ether oxygens (including phenoxy) is 1. The molecule has 1 aliphatic rings. The van der Waals surface area contributed by atoms with Crippen molar-refractivity contribution in [3.63, 3.8) is 0 Å². The number of nitrogens with zero attached hydrogens (tertiary/aromatic N) is 1. The highest BCUT2D eigenvalue weighted by atomic mass is 16.6. The summed E-state index contributed by atoms with van der Waals surface area (Å²) in [6.45, 7) is 0. The monoisotopic (exact) mass is 328 g/mol. The lowest BCUT2D eigenvalue weighted by Crippen LogP contribution is -2.31. The summed E-state index contributed by atoms with van der Waals surface area (Å²) in [6.07, 6.45) is -1.12. The summed E-state index contributed by atoms with van der Waals surface area (Å²) in [4.78, 5) is 23.0. The van der Waals surface area contributed by atoms with Crippen LogP contribution in [0.1, 0.15) is 17.0 Å². The van der Waals surface area contributed by atoms with Crippen molar-refractivity contribution in [3.05, 3.63) is 63.7 Å². The van der Waals surface area contributed by atoms with Crippen LogP contribution in [-0.2, 0) is 11.2 Å². The number of methoxy groups -OCH3 is 1. The number of nitro benzene ring substituents is 1. The summed E-state index contributed by atoms with van der Waals surface area (Å²) in [5.41, 5.74) is 1.42. The molecule has 0 saturated carbocycles. The number of hydrogen-bond donors (Lipinski definition) is 2. The third kappa shape index (κ3) is 2.81. The first-order valence-electron chi connectivity index (χ1n) is 7.40. The normalized spacial score (nSPS) is 19.8. The summed E-state index contributed by atoms with van der Waals surface area (Å²) in [7, 11) is 1.54. The van der Waals surface area contributed by atoms with E-state index >= 15 is 0 Å². The minimum absolute atomic E-state index is 0.0691. The number of carbonyl (C=O) groups excluding carboxylic acids is 1. The van der Waals surface area contributed by atoms with Crippen LogP contribution in [0.4, 0.5) is 11.4 Å². The summed E-state index contributed by atoms with van der Waals surface area (Å²) in [5, 5.41) is 24.2. The number of nitrogens with one attached hydrogen (secondary N) is 1. The first-order valence-corrected chi connectivity index (χ1v) is 7.40. The van der Waals surface area contributed by atoms with Gasteiger partial charge in [-0.2, -0.15) is 0 Å². The van der Waals surface area contributed by atoms with Crippen LogP contribution in [0.25, 0.3) is 0 Å². The standard InChI is InChI=1S/C17H16N2O5/c1-24-11-7-5-10(6-8-11)12-9-13-14(18-17(21)16(12)20)3-2-4-15(13)19(22)23/h2-8,12,16,20H,9H2,1H3,(H,18,21)/t12-,16+/m0/s1. The number of nitro groups is 1. The minimum Gasteiger partial charge on any atom is -0.497 e. The van der Waals surface area contributed by atoms with Crippen molar-refractivity contribution in [1.29, 1.82) is 0 Å². The molecule has 0 fully saturated rings. The highest BCUT2D eigenvalue weighted by Gasteiger charge is 2.35. The molecule has 2 aromatic carbocycles. The Hall–Kier alpha value is -2.93. The van der Waals surface area contributed by atoms with Gasteiger partial charge in [0.25, 0.3) is 11.6 Å². The molecule has 1 amide bonds. The van der Waals surface area contributed by atoms with Gasteiger partial charge < -0.3 is 15.2 Å². The molecule has 0 radical (unpaired) electrons. The van der Waals surface area contributed by atoms with Crippen LogP contribution in [0.15, 0.2) is 42.5 Å². The van der Waals surface area contributed by atoms with E-state index in [9.17, 15) is 20.0 Å². The third-order valence-electron chi connectivity index (χ3n) is 4.22. The van der Waals surface area contributed by atoms with Crippen LogP contribution in [0, 0.1) is 10.1 Å². The lowest BCUT2D eigenvalue weighted by Gasteiger charge is -2.19. The van der Waals surface area contributed by atoms with Crippen molar-refractivity contribution in [2.24, 2.45) is 0 Å². The molecule has 2 aromatic rings. The van der Waals surface area contributed by atoms with Crippen molar-refractivity contribution in [3.8, 4) is 5.75 Å². The first kappa shape index (κ1) is 15.9. The van der Waals surface area contributed by atoms with Crippen LogP contribution >= 0.6 is 0 Å². The second-order valence-electron chi connectivity index (χ2n) is 5.58. The average molecular weight is 328 g/mol. The van der Waals surface area contributed by atoms with Gasteiger partial charge in [0.05, 0.1) is 23.3 Å². The number of aliphatic hydroxyl groups excluding tert-OH is 1. The van der Waals surface area contributed by atoms with Crippen LogP contribution < -0.4 is 10.1 Å². The Morgan fingerprint density at radius 3 is 2.58 bits per heavy atom. The SMILES string of the molecule is COc1ccc([C@@H]2Cc3c(cccc3[N+](=O)[O-])NC(=O)[C@@H]2O)cc1. The molecule has 3 rings (SSSR count). The lowest BCUT2D eigenvalue weighted by atomic mass is 9.87. The molecule has 2 atom stereocenters. The van der Waals surface area contributed by atoms with Gasteiger partial charge in [0, 0.05) is 12.0 Å². The fourth-order valence-electron chi connectivity index (χ4n) is 2.95. The maximum Gasteiger partial charge on any atom is 0.274 e. The molecule has 0 aromatic heterocycles. The number of carbonyl (C=O) groups is 1. The Bertz CT molecular complexity index is 788. The molecule has 7 nitrogen and oxygen atoms in total. The fraction of sp³-hybridized carbons (Fsp3) is 0.235. The summed E-state index contributed by atoms with van der Waals surface area (Å²) in [6, 6.07) is 11.5. The minimum atomic E-state index is -1.30. The summed E-state index contributed by atoms with van der Waals surface area (Å²) in [5.74, 6) is -0.508. The number of aliphatic hydroxyl groups is 1. The Labute approximate surface area is 138 Å². The third-order valence-corrected chi connectivity index (χ3v) is 4.22. The number of fused-ring (bicyclic) bond motifs is 1. The number of rotatable bonds is 3. The Kier molecular flexibility index (Phi) is 4.18. The molecule has 0 bridgehead atoms. The van der Waals surface area contributed by atoms with Gasteiger partial charge in [-0.15, -0.1) is 0 Å². The molecule has 1 aliphatic heterocycles. The highest BCUT2D eigenvalue weighted by Crippen LogP contribution is 2.36. The molecule has 124 valence electrons. The Morgan fingerprint density at radius 2 is 1.96 bits per heavy atom. The highest BCUT2D eigenvalue weighted by molar-refractivity contribution is 5.97. The van der Waals surface area contributed by atoms with Gasteiger partial charge in [-0.25, -0.2) is 0 Å². The largest absolute Gasteiger partial charge is 0.497 e. The smallest absolute Gasteiger partial charge is 0.274 e. The molecule has 24 heavy (non-hydrogen) atoms. The fourth-order valence-corrected chi connectivity index (χ4v) is 2.95. The zero-order chi connectivity index (χ0) is 17.3. The maximum atomic E-state index is 12.2. The lowest BCUT2D eigenvalue weighted by molar-refractivity contribution is -0.385. The van der Waals surface area contributed by atoms with Gasteiger partial charge in [0.2, 0.25) is 0 Å². The summed E-state index contributed by atoms with van der Waals surface area (Å²) < 4.78 is 5.10. The Morgan fingerprint density at radius 1 is 1.25 bits per heavy atom. The van der Waals surface area contributed by atoms with E-state index in [1.165, 1.54) is 12.1 Å². The predicted molar refractivity (Wildman–Crippen MR) is 87.2 cm³/mol. The van der Waals surface area contributed by atoms with E-state index in [2.05, 4.69) is 5.32 Å². The second kappa shape index (κ2) is 6.29. The predicted octanol–water partition coefficient (Wildman–Crippen LogP) is 2.24. The van der Waals surface area contributed by atoms with E-state index in [4.69, 9.17) is 4.74 Å². The second-order valence-corrected chi connectivity index (χ2v) is 5.58. The quantitative estimate of drug-likeness (QED) is 0.664. The molecule has 1 heterocycles. The van der Waals surface area contributed by atoms with E-state index in [-0.39, 0.29) is 12.1 Å². The first-order chi connectivity index (χ1) is 11.5. The van der Waals surface area contributed by atoms with Gasteiger partial charge in [-0.1, -0.05) is 18.2 Å². The van der Waals surface area contributed by atoms with E-state index in [0.717, 1.165) is 0 Å². The Balaban J connectivity index is 2.06. The average Bonchev–Trinajstić information content (AvgIpc) is 2.71. The van der Waals surface area contributed by atoms with Gasteiger partial charge >= 0.3 is 0 Å². The van der Waals surface area contributed by atoms with Crippen molar-refractivity contribution >= 4 is 17.3 Å². The van der Waals surface area contributed by atoms with Crippen LogP contribution in [0.3, 0.4) is 0 Å². The van der Waals surface area contributed by atoms with Gasteiger partial charge in [0.15, 0.2) is 0 Å². The molecular formula is C17H16N2O5. The van der Waals surface area contributed by atoms with E-state index in [1.807, 2.05) is 0 Å². The number of anilines is 1. The number of amides is 1. The molecule has 2 N–H and O–H groups in total. The molecule has 0 unspecified atom stereocenters. The van der Waals surface area contributed by atoms with Crippen LogP contribution in [0.2, 0.25) is 0 Å². The number of benzene rings is 2.